The van der Waals surface area contributed by atoms with E-state index >= 15 is 0 Å². The summed E-state index contributed by atoms with van der Waals surface area (Å²) >= 11 is 0. The molecule has 1 N–H and O–H groups in total. The van der Waals surface area contributed by atoms with E-state index in [1.165, 1.54) is 6.07 Å². The molecule has 1 fully saturated rings. The van der Waals surface area contributed by atoms with Crippen molar-refractivity contribution in [3.05, 3.63) is 37.9 Å². The van der Waals surface area contributed by atoms with Gasteiger partial charge in [0.05, 0.1) is 15.9 Å². The minimum absolute atomic E-state index is 0. The summed E-state index contributed by atoms with van der Waals surface area (Å²) in [7, 11) is 0. The molecule has 0 heterocycles. The summed E-state index contributed by atoms with van der Waals surface area (Å²) in [6.45, 7) is 0. The Morgan fingerprint density at radius 1 is 1.05 bits per heavy atom. The van der Waals surface area contributed by atoms with Crippen LogP contribution in [0.25, 0.3) is 0 Å². The van der Waals surface area contributed by atoms with Crippen molar-refractivity contribution in [2.24, 2.45) is 0 Å². The fourth-order valence-corrected chi connectivity index (χ4v) is 2.60. The molecule has 1 aromatic rings. The van der Waals surface area contributed by atoms with Crippen LogP contribution in [0.4, 0.5) is 11.4 Å². The predicted octanol–water partition coefficient (Wildman–Crippen LogP) is 2.88. The van der Waals surface area contributed by atoms with Gasteiger partial charge in [-0.05, 0) is 18.8 Å². The second kappa shape index (κ2) is 7.01. The maximum absolute atomic E-state index is 10.9. The van der Waals surface area contributed by atoms with Crippen molar-refractivity contribution >= 4 is 40.9 Å². The van der Waals surface area contributed by atoms with Crippen LogP contribution in [0.3, 0.4) is 0 Å². The number of hydrogen-bond acceptors (Lipinski definition) is 5. The topological polar surface area (TPSA) is 107 Å². The van der Waals surface area contributed by atoms with Crippen LogP contribution in [0.15, 0.2) is 12.1 Å². The van der Waals surface area contributed by atoms with E-state index in [2.05, 4.69) is 0 Å². The van der Waals surface area contributed by atoms with E-state index in [1.54, 1.807) is 0 Å². The molecule has 0 saturated heterocycles. The molecule has 0 aromatic heterocycles. The average Bonchev–Trinajstić information content (AvgIpc) is 2.39. The Labute approximate surface area is 137 Å². The van der Waals surface area contributed by atoms with Gasteiger partial charge in [0.25, 0.3) is 5.69 Å². The van der Waals surface area contributed by atoms with Crippen LogP contribution in [-0.4, -0.2) is 44.5 Å². The Bertz CT molecular complexity index is 529. The number of aromatic hydroxyl groups is 1. The first-order chi connectivity index (χ1) is 9.00. The molecule has 1 saturated carbocycles. The third kappa shape index (κ3) is 3.47. The molecule has 7 nitrogen and oxygen atoms in total. The molecule has 0 aliphatic heterocycles. The second-order valence-electron chi connectivity index (χ2n) is 4.75. The fraction of sp³-hybridized carbons (Fsp3) is 0.500. The summed E-state index contributed by atoms with van der Waals surface area (Å²) in [5.74, 6) is -0.463. The van der Waals surface area contributed by atoms with E-state index in [1.807, 2.05) is 0 Å². The van der Waals surface area contributed by atoms with E-state index in [-0.39, 0.29) is 41.2 Å². The number of phenols is 1. The van der Waals surface area contributed by atoms with Gasteiger partial charge in [0.15, 0.2) is 5.75 Å². The fourth-order valence-electron chi connectivity index (χ4n) is 2.60. The van der Waals surface area contributed by atoms with Crippen LogP contribution in [0.1, 0.15) is 43.6 Å². The van der Waals surface area contributed by atoms with Gasteiger partial charge in [-0.25, -0.2) is 0 Å². The Morgan fingerprint density at radius 3 is 2.15 bits per heavy atom. The summed E-state index contributed by atoms with van der Waals surface area (Å²) in [5.41, 5.74) is -0.597. The summed E-state index contributed by atoms with van der Waals surface area (Å²) in [5, 5.41) is 31.6. The average molecular weight is 289 g/mol. The standard InChI is InChI=1S/C12H14N2O5.Na/c15-12-10(8-4-2-1-3-5-8)6-9(13(16)17)7-11(12)14(18)19;/h6-8,15H,1-5H2;. The number of nitro benzene ring substituents is 2. The molecule has 0 spiro atoms. The van der Waals surface area contributed by atoms with Crippen molar-refractivity contribution in [2.75, 3.05) is 0 Å². The van der Waals surface area contributed by atoms with Gasteiger partial charge in [-0.3, -0.25) is 20.2 Å². The smallest absolute Gasteiger partial charge is 0.317 e. The zero-order valence-electron chi connectivity index (χ0n) is 11.2. The third-order valence-electron chi connectivity index (χ3n) is 3.56. The van der Waals surface area contributed by atoms with Gasteiger partial charge in [-0.2, -0.15) is 0 Å². The Morgan fingerprint density at radius 2 is 1.65 bits per heavy atom. The van der Waals surface area contributed by atoms with Gasteiger partial charge < -0.3 is 5.11 Å². The summed E-state index contributed by atoms with van der Waals surface area (Å²) in [6.07, 6.45) is 4.63. The molecule has 1 aliphatic rings. The number of phenolic OH excluding ortho intramolecular Hbond substituents is 1. The molecular weight excluding hydrogens is 275 g/mol. The number of rotatable bonds is 3. The summed E-state index contributed by atoms with van der Waals surface area (Å²) in [4.78, 5) is 20.2. The molecule has 0 bridgehead atoms. The second-order valence-corrected chi connectivity index (χ2v) is 4.75. The predicted molar refractivity (Wildman–Crippen MR) is 73.0 cm³/mol. The molecule has 20 heavy (non-hydrogen) atoms. The Hall–Kier alpha value is -1.18. The van der Waals surface area contributed by atoms with Gasteiger partial charge in [-0.15, -0.1) is 0 Å². The minimum atomic E-state index is -0.783. The first-order valence-corrected chi connectivity index (χ1v) is 6.16. The molecule has 2 rings (SSSR count). The van der Waals surface area contributed by atoms with E-state index in [0.717, 1.165) is 38.2 Å². The molecular formula is C12H14N2NaO5. The molecule has 8 heteroatoms. The molecule has 1 radical (unpaired) electrons. The van der Waals surface area contributed by atoms with E-state index in [9.17, 15) is 25.3 Å². The Kier molecular flexibility index (Phi) is 5.91. The van der Waals surface area contributed by atoms with Gasteiger partial charge in [-0.1, -0.05) is 19.3 Å². The van der Waals surface area contributed by atoms with Gasteiger partial charge in [0.2, 0.25) is 0 Å². The maximum Gasteiger partial charge on any atom is 0.317 e. The monoisotopic (exact) mass is 289 g/mol. The zero-order chi connectivity index (χ0) is 14.0. The van der Waals surface area contributed by atoms with Crippen LogP contribution < -0.4 is 0 Å². The van der Waals surface area contributed by atoms with Crippen LogP contribution in [0.2, 0.25) is 0 Å². The molecule has 0 atom stereocenters. The zero-order valence-corrected chi connectivity index (χ0v) is 13.2. The molecule has 103 valence electrons. The van der Waals surface area contributed by atoms with Crippen LogP contribution in [0.5, 0.6) is 5.75 Å². The third-order valence-corrected chi connectivity index (χ3v) is 3.56. The molecule has 1 aromatic carbocycles. The number of hydrogen-bond donors (Lipinski definition) is 1. The van der Waals surface area contributed by atoms with E-state index in [0.29, 0.717) is 5.56 Å². The van der Waals surface area contributed by atoms with Crippen LogP contribution in [0, 0.1) is 20.2 Å². The van der Waals surface area contributed by atoms with Crippen LogP contribution >= 0.6 is 0 Å². The largest absolute Gasteiger partial charge is 0.502 e. The summed E-state index contributed by atoms with van der Waals surface area (Å²) in [6, 6.07) is 2.07. The molecule has 1 aliphatic carbocycles. The number of non-ortho nitro benzene ring substituents is 1. The SMILES string of the molecule is O=[N+]([O-])c1cc(C2CCCCC2)c(O)c([N+](=O)[O-])c1.[Na]. The van der Waals surface area contributed by atoms with Gasteiger partial charge in [0.1, 0.15) is 0 Å². The van der Waals surface area contributed by atoms with E-state index in [4.69, 9.17) is 0 Å². The van der Waals surface area contributed by atoms with E-state index < -0.39 is 21.3 Å². The van der Waals surface area contributed by atoms with Crippen molar-refractivity contribution < 1.29 is 15.0 Å². The van der Waals surface area contributed by atoms with Gasteiger partial charge in [0, 0.05) is 41.2 Å². The minimum Gasteiger partial charge on any atom is -0.502 e. The first kappa shape index (κ1) is 16.9. The van der Waals surface area contributed by atoms with Crippen molar-refractivity contribution in [3.8, 4) is 5.75 Å². The number of benzene rings is 1. The van der Waals surface area contributed by atoms with Gasteiger partial charge >= 0.3 is 5.69 Å². The molecule has 0 unspecified atom stereocenters. The summed E-state index contributed by atoms with van der Waals surface area (Å²) < 4.78 is 0. The normalized spacial score (nSPS) is 15.4. The number of nitro groups is 2. The maximum atomic E-state index is 10.9. The van der Waals surface area contributed by atoms with Crippen molar-refractivity contribution in [1.29, 1.82) is 0 Å². The Balaban J connectivity index is 0.00000200. The number of nitrogens with zero attached hydrogens (tertiary/aromatic N) is 2. The van der Waals surface area contributed by atoms with Crippen molar-refractivity contribution in [2.45, 2.75) is 38.0 Å². The van der Waals surface area contributed by atoms with Crippen molar-refractivity contribution in [1.82, 2.24) is 0 Å². The quantitative estimate of drug-likeness (QED) is 0.523. The van der Waals surface area contributed by atoms with Crippen molar-refractivity contribution in [3.63, 3.8) is 0 Å². The first-order valence-electron chi connectivity index (χ1n) is 6.16. The molecule has 0 amide bonds. The van der Waals surface area contributed by atoms with Crippen LogP contribution in [-0.2, 0) is 0 Å².